The highest BCUT2D eigenvalue weighted by Gasteiger charge is 2.27. The van der Waals surface area contributed by atoms with Crippen LogP contribution in [0.1, 0.15) is 25.7 Å². The fourth-order valence-corrected chi connectivity index (χ4v) is 2.22. The summed E-state index contributed by atoms with van der Waals surface area (Å²) in [4.78, 5) is 2.14. The summed E-state index contributed by atoms with van der Waals surface area (Å²) >= 11 is 0. The maximum absolute atomic E-state index is 9.87. The third-order valence-corrected chi connectivity index (χ3v) is 3.22. The summed E-state index contributed by atoms with van der Waals surface area (Å²) in [5, 5.41) is 9.87. The third-order valence-electron chi connectivity index (χ3n) is 3.22. The van der Waals surface area contributed by atoms with Crippen LogP contribution in [0.25, 0.3) is 0 Å². The van der Waals surface area contributed by atoms with Crippen molar-refractivity contribution in [2.24, 2.45) is 0 Å². The van der Waals surface area contributed by atoms with Crippen molar-refractivity contribution in [3.8, 4) is 0 Å². The summed E-state index contributed by atoms with van der Waals surface area (Å²) in [5.74, 6) is 0. The molecule has 1 rings (SSSR count). The zero-order valence-corrected chi connectivity index (χ0v) is 9.98. The highest BCUT2D eigenvalue weighted by atomic mass is 16.7. The van der Waals surface area contributed by atoms with Gasteiger partial charge in [0, 0.05) is 26.8 Å². The van der Waals surface area contributed by atoms with Crippen LogP contribution in [-0.4, -0.2) is 56.3 Å². The van der Waals surface area contributed by atoms with Gasteiger partial charge in [0.05, 0.1) is 6.10 Å². The zero-order valence-electron chi connectivity index (χ0n) is 9.98. The first-order valence-electron chi connectivity index (χ1n) is 5.63. The van der Waals surface area contributed by atoms with Gasteiger partial charge in [0.1, 0.15) is 0 Å². The predicted molar refractivity (Wildman–Crippen MR) is 58.7 cm³/mol. The van der Waals surface area contributed by atoms with Crippen LogP contribution in [0.2, 0.25) is 0 Å². The Balaban J connectivity index is 2.40. The molecule has 1 saturated carbocycles. The summed E-state index contributed by atoms with van der Waals surface area (Å²) < 4.78 is 10.3. The van der Waals surface area contributed by atoms with Crippen molar-refractivity contribution < 1.29 is 14.6 Å². The van der Waals surface area contributed by atoms with Gasteiger partial charge in [-0.1, -0.05) is 12.8 Å². The smallest absolute Gasteiger partial charge is 0.169 e. The molecule has 0 heterocycles. The number of methoxy groups -OCH3 is 2. The first-order chi connectivity index (χ1) is 7.19. The summed E-state index contributed by atoms with van der Waals surface area (Å²) in [6.07, 6.45) is 3.93. The van der Waals surface area contributed by atoms with Gasteiger partial charge >= 0.3 is 0 Å². The molecule has 0 aromatic heterocycles. The Morgan fingerprint density at radius 2 is 1.87 bits per heavy atom. The summed E-state index contributed by atoms with van der Waals surface area (Å²) in [7, 11) is 5.29. The van der Waals surface area contributed by atoms with Gasteiger partial charge in [-0.3, -0.25) is 4.90 Å². The molecule has 1 fully saturated rings. The van der Waals surface area contributed by atoms with Gasteiger partial charge in [-0.25, -0.2) is 0 Å². The zero-order chi connectivity index (χ0) is 11.3. The maximum atomic E-state index is 9.87. The molecule has 15 heavy (non-hydrogen) atoms. The monoisotopic (exact) mass is 217 g/mol. The van der Waals surface area contributed by atoms with Crippen LogP contribution in [0.3, 0.4) is 0 Å². The fraction of sp³-hybridized carbons (Fsp3) is 1.00. The number of aliphatic hydroxyl groups is 1. The van der Waals surface area contributed by atoms with E-state index in [-0.39, 0.29) is 18.4 Å². The maximum Gasteiger partial charge on any atom is 0.169 e. The van der Waals surface area contributed by atoms with Crippen molar-refractivity contribution >= 4 is 0 Å². The first kappa shape index (κ1) is 12.9. The lowest BCUT2D eigenvalue weighted by Gasteiger charge is -2.36. The van der Waals surface area contributed by atoms with E-state index in [9.17, 15) is 5.11 Å². The van der Waals surface area contributed by atoms with Crippen molar-refractivity contribution in [2.45, 2.75) is 44.1 Å². The van der Waals surface area contributed by atoms with Crippen molar-refractivity contribution in [1.29, 1.82) is 0 Å². The van der Waals surface area contributed by atoms with Gasteiger partial charge in [-0.2, -0.15) is 0 Å². The molecule has 2 unspecified atom stereocenters. The van der Waals surface area contributed by atoms with Crippen molar-refractivity contribution in [1.82, 2.24) is 4.90 Å². The number of hydrogen-bond acceptors (Lipinski definition) is 4. The van der Waals surface area contributed by atoms with E-state index >= 15 is 0 Å². The van der Waals surface area contributed by atoms with Gasteiger partial charge < -0.3 is 14.6 Å². The Labute approximate surface area is 92.2 Å². The Hall–Kier alpha value is -0.160. The van der Waals surface area contributed by atoms with Gasteiger partial charge in [-0.15, -0.1) is 0 Å². The standard InChI is InChI=1S/C11H23NO3/c1-12(8-11(14-2)15-3)9-6-4-5-7-10(9)13/h9-11,13H,4-8H2,1-3H3. The molecule has 4 heteroatoms. The lowest BCUT2D eigenvalue weighted by molar-refractivity contribution is -0.124. The quantitative estimate of drug-likeness (QED) is 0.693. The molecule has 0 amide bonds. The molecule has 0 bridgehead atoms. The second kappa shape index (κ2) is 6.43. The number of aliphatic hydroxyl groups excluding tert-OH is 1. The molecule has 0 aromatic rings. The highest BCUT2D eigenvalue weighted by molar-refractivity contribution is 4.81. The van der Waals surface area contributed by atoms with Gasteiger partial charge in [0.15, 0.2) is 6.29 Å². The molecular weight excluding hydrogens is 194 g/mol. The molecule has 0 spiro atoms. The molecule has 1 aliphatic rings. The first-order valence-corrected chi connectivity index (χ1v) is 5.63. The average Bonchev–Trinajstić information content (AvgIpc) is 2.26. The Bertz CT molecular complexity index is 173. The lowest BCUT2D eigenvalue weighted by atomic mass is 9.91. The van der Waals surface area contributed by atoms with Crippen LogP contribution in [0.4, 0.5) is 0 Å². The van der Waals surface area contributed by atoms with Crippen LogP contribution in [0.5, 0.6) is 0 Å². The minimum Gasteiger partial charge on any atom is -0.391 e. The third kappa shape index (κ3) is 3.72. The van der Waals surface area contributed by atoms with Gasteiger partial charge in [0.25, 0.3) is 0 Å². The number of nitrogens with zero attached hydrogens (tertiary/aromatic N) is 1. The molecule has 90 valence electrons. The molecular formula is C11H23NO3. The Kier molecular flexibility index (Phi) is 5.53. The predicted octanol–water partition coefficient (Wildman–Crippen LogP) is 0.841. The van der Waals surface area contributed by atoms with Crippen LogP contribution < -0.4 is 0 Å². The summed E-state index contributed by atoms with van der Waals surface area (Å²) in [5.41, 5.74) is 0. The minimum absolute atomic E-state index is 0.196. The SMILES string of the molecule is COC(CN(C)C1CCCCC1O)OC. The van der Waals surface area contributed by atoms with E-state index in [1.807, 2.05) is 7.05 Å². The second-order valence-corrected chi connectivity index (χ2v) is 4.26. The lowest BCUT2D eigenvalue weighted by Crippen LogP contribution is -2.46. The molecule has 4 nitrogen and oxygen atoms in total. The van der Waals surface area contributed by atoms with Crippen LogP contribution in [-0.2, 0) is 9.47 Å². The molecule has 2 atom stereocenters. The molecule has 0 saturated heterocycles. The van der Waals surface area contributed by atoms with Crippen molar-refractivity contribution in [2.75, 3.05) is 27.8 Å². The number of ether oxygens (including phenoxy) is 2. The Morgan fingerprint density at radius 1 is 1.27 bits per heavy atom. The molecule has 1 aliphatic carbocycles. The van der Waals surface area contributed by atoms with E-state index in [0.717, 1.165) is 19.3 Å². The van der Waals surface area contributed by atoms with Crippen LogP contribution in [0.15, 0.2) is 0 Å². The van der Waals surface area contributed by atoms with Gasteiger partial charge in [0.2, 0.25) is 0 Å². The van der Waals surface area contributed by atoms with E-state index in [2.05, 4.69) is 4.90 Å². The van der Waals surface area contributed by atoms with Crippen molar-refractivity contribution in [3.05, 3.63) is 0 Å². The minimum atomic E-state index is -0.205. The molecule has 1 N–H and O–H groups in total. The molecule has 0 aromatic carbocycles. The van der Waals surface area contributed by atoms with E-state index in [0.29, 0.717) is 6.54 Å². The van der Waals surface area contributed by atoms with E-state index in [1.54, 1.807) is 14.2 Å². The summed E-state index contributed by atoms with van der Waals surface area (Å²) in [6, 6.07) is 0.256. The largest absolute Gasteiger partial charge is 0.391 e. The highest BCUT2D eigenvalue weighted by Crippen LogP contribution is 2.22. The summed E-state index contributed by atoms with van der Waals surface area (Å²) in [6.45, 7) is 0.703. The van der Waals surface area contributed by atoms with Crippen molar-refractivity contribution in [3.63, 3.8) is 0 Å². The molecule has 0 radical (unpaired) electrons. The Morgan fingerprint density at radius 3 is 2.40 bits per heavy atom. The number of likely N-dealkylation sites (N-methyl/N-ethyl adjacent to an activating group) is 1. The molecule has 0 aliphatic heterocycles. The van der Waals surface area contributed by atoms with Crippen LogP contribution >= 0.6 is 0 Å². The number of rotatable bonds is 5. The normalized spacial score (nSPS) is 27.6. The second-order valence-electron chi connectivity index (χ2n) is 4.26. The topological polar surface area (TPSA) is 41.9 Å². The fourth-order valence-electron chi connectivity index (χ4n) is 2.22. The van der Waals surface area contributed by atoms with E-state index in [1.165, 1.54) is 6.42 Å². The van der Waals surface area contributed by atoms with Crippen LogP contribution in [0, 0.1) is 0 Å². The van der Waals surface area contributed by atoms with E-state index < -0.39 is 0 Å². The van der Waals surface area contributed by atoms with E-state index in [4.69, 9.17) is 9.47 Å². The average molecular weight is 217 g/mol. The number of hydrogen-bond donors (Lipinski definition) is 1. The van der Waals surface area contributed by atoms with Gasteiger partial charge in [-0.05, 0) is 19.9 Å².